The molecule has 1 heterocycles. The lowest BCUT2D eigenvalue weighted by molar-refractivity contribution is 0.0617. The first-order valence-corrected chi connectivity index (χ1v) is 11.3. The van der Waals surface area contributed by atoms with E-state index in [4.69, 9.17) is 16.6 Å². The average Bonchev–Trinajstić information content (AvgIpc) is 2.77. The molecule has 1 saturated heterocycles. The van der Waals surface area contributed by atoms with Gasteiger partial charge in [0.25, 0.3) is 0 Å². The molecular formula is C24H34ClN5O. The third kappa shape index (κ3) is 6.35. The first kappa shape index (κ1) is 23.4. The van der Waals surface area contributed by atoms with Crippen molar-refractivity contribution in [2.24, 2.45) is 4.99 Å². The van der Waals surface area contributed by atoms with Crippen LogP contribution < -0.4 is 15.5 Å². The van der Waals surface area contributed by atoms with E-state index in [2.05, 4.69) is 33.5 Å². The lowest BCUT2D eigenvalue weighted by Crippen LogP contribution is -2.45. The maximum absolute atomic E-state index is 10.9. The minimum Gasteiger partial charge on any atom is -0.384 e. The Balaban J connectivity index is 1.73. The fourth-order valence-electron chi connectivity index (χ4n) is 3.70. The third-order valence-corrected chi connectivity index (χ3v) is 6.03. The van der Waals surface area contributed by atoms with Crippen LogP contribution in [0.5, 0.6) is 0 Å². The maximum atomic E-state index is 10.9. The number of nitrogens with one attached hydrogen (secondary N) is 2. The number of benzene rings is 2. The van der Waals surface area contributed by atoms with Crippen molar-refractivity contribution in [2.45, 2.75) is 26.0 Å². The van der Waals surface area contributed by atoms with Crippen LogP contribution in [-0.2, 0) is 12.1 Å². The average molecular weight is 444 g/mol. The Morgan fingerprint density at radius 2 is 1.77 bits per heavy atom. The number of aliphatic imine (C=N–C) groups is 1. The highest BCUT2D eigenvalue weighted by molar-refractivity contribution is 6.31. The summed E-state index contributed by atoms with van der Waals surface area (Å²) in [4.78, 5) is 9.50. The smallest absolute Gasteiger partial charge is 0.191 e. The van der Waals surface area contributed by atoms with E-state index in [0.29, 0.717) is 19.0 Å². The summed E-state index contributed by atoms with van der Waals surface area (Å²) in [5.41, 5.74) is 2.03. The van der Waals surface area contributed by atoms with Gasteiger partial charge in [-0.25, -0.2) is 4.99 Å². The Morgan fingerprint density at radius 1 is 1.06 bits per heavy atom. The van der Waals surface area contributed by atoms with Crippen LogP contribution in [-0.4, -0.2) is 62.3 Å². The molecule has 0 amide bonds. The molecule has 1 atom stereocenters. The van der Waals surface area contributed by atoms with Crippen LogP contribution in [0.25, 0.3) is 0 Å². The molecule has 2 aromatic rings. The Bertz CT molecular complexity index is 864. The largest absolute Gasteiger partial charge is 0.384 e. The molecule has 0 aliphatic carbocycles. The van der Waals surface area contributed by atoms with E-state index >= 15 is 0 Å². The van der Waals surface area contributed by atoms with Crippen LogP contribution >= 0.6 is 11.6 Å². The van der Waals surface area contributed by atoms with E-state index in [0.717, 1.165) is 54.6 Å². The molecule has 3 N–H and O–H groups in total. The Hall–Kier alpha value is -2.28. The molecule has 7 heteroatoms. The van der Waals surface area contributed by atoms with Crippen LogP contribution in [0.4, 0.5) is 5.69 Å². The SMILES string of the molecule is CCNC(=NCc1c(Cl)cccc1N1CCN(C)CC1)NCC(C)(O)c1ccccc1. The molecule has 1 aliphatic rings. The van der Waals surface area contributed by atoms with Crippen molar-refractivity contribution in [1.82, 2.24) is 15.5 Å². The summed E-state index contributed by atoms with van der Waals surface area (Å²) < 4.78 is 0. The standard InChI is InChI=1S/C24H34ClN5O/c1-4-26-23(28-18-24(2,31)19-9-6-5-7-10-19)27-17-20-21(25)11-8-12-22(20)30-15-13-29(3)14-16-30/h5-12,31H,4,13-18H2,1-3H3,(H2,26,27,28). The number of aliphatic hydroxyl groups is 1. The molecule has 0 saturated carbocycles. The van der Waals surface area contributed by atoms with Gasteiger partial charge in [0.15, 0.2) is 5.96 Å². The molecule has 168 valence electrons. The summed E-state index contributed by atoms with van der Waals surface area (Å²) in [6.45, 7) is 9.39. The fraction of sp³-hybridized carbons (Fsp3) is 0.458. The van der Waals surface area contributed by atoms with Crippen molar-refractivity contribution in [3.05, 3.63) is 64.7 Å². The van der Waals surface area contributed by atoms with E-state index in [-0.39, 0.29) is 0 Å². The Kier molecular flexibility index (Phi) is 8.18. The zero-order valence-corrected chi connectivity index (χ0v) is 19.5. The number of piperazine rings is 1. The summed E-state index contributed by atoms with van der Waals surface area (Å²) in [5, 5.41) is 18.2. The predicted octanol–water partition coefficient (Wildman–Crippen LogP) is 3.05. The number of guanidine groups is 1. The van der Waals surface area contributed by atoms with Gasteiger partial charge in [-0.3, -0.25) is 0 Å². The quantitative estimate of drug-likeness (QED) is 0.453. The van der Waals surface area contributed by atoms with Gasteiger partial charge in [-0.15, -0.1) is 0 Å². The van der Waals surface area contributed by atoms with Crippen LogP contribution in [0.2, 0.25) is 5.02 Å². The maximum Gasteiger partial charge on any atom is 0.191 e. The molecule has 1 aliphatic heterocycles. The summed E-state index contributed by atoms with van der Waals surface area (Å²) in [6.07, 6.45) is 0. The van der Waals surface area contributed by atoms with Crippen molar-refractivity contribution in [1.29, 1.82) is 0 Å². The van der Waals surface area contributed by atoms with Crippen LogP contribution in [0.15, 0.2) is 53.5 Å². The molecule has 0 radical (unpaired) electrons. The van der Waals surface area contributed by atoms with Gasteiger partial charge in [0, 0.05) is 49.0 Å². The van der Waals surface area contributed by atoms with Crippen molar-refractivity contribution in [2.75, 3.05) is 51.2 Å². The lowest BCUT2D eigenvalue weighted by Gasteiger charge is -2.35. The number of likely N-dealkylation sites (N-methyl/N-ethyl adjacent to an activating group) is 1. The van der Waals surface area contributed by atoms with Gasteiger partial charge in [-0.2, -0.15) is 0 Å². The molecule has 1 fully saturated rings. The highest BCUT2D eigenvalue weighted by Gasteiger charge is 2.23. The van der Waals surface area contributed by atoms with Gasteiger partial charge in [-0.1, -0.05) is 48.0 Å². The van der Waals surface area contributed by atoms with E-state index in [1.54, 1.807) is 6.92 Å². The molecule has 31 heavy (non-hydrogen) atoms. The molecule has 2 aromatic carbocycles. The lowest BCUT2D eigenvalue weighted by atomic mass is 9.96. The summed E-state index contributed by atoms with van der Waals surface area (Å²) >= 11 is 6.58. The van der Waals surface area contributed by atoms with E-state index in [1.165, 1.54) is 0 Å². The molecule has 6 nitrogen and oxygen atoms in total. The highest BCUT2D eigenvalue weighted by Crippen LogP contribution is 2.29. The fourth-order valence-corrected chi connectivity index (χ4v) is 3.93. The molecule has 0 spiro atoms. The second kappa shape index (κ2) is 10.8. The number of hydrogen-bond donors (Lipinski definition) is 3. The normalized spacial score (nSPS) is 17.3. The van der Waals surface area contributed by atoms with Crippen molar-refractivity contribution < 1.29 is 5.11 Å². The minimum absolute atomic E-state index is 0.344. The number of rotatable bonds is 7. The van der Waals surface area contributed by atoms with Gasteiger partial charge in [0.1, 0.15) is 5.60 Å². The van der Waals surface area contributed by atoms with E-state index in [9.17, 15) is 5.11 Å². The molecule has 3 rings (SSSR count). The number of halogens is 1. The number of nitrogens with zero attached hydrogens (tertiary/aromatic N) is 3. The van der Waals surface area contributed by atoms with Crippen molar-refractivity contribution in [3.63, 3.8) is 0 Å². The summed E-state index contributed by atoms with van der Waals surface area (Å²) in [6, 6.07) is 15.7. The monoisotopic (exact) mass is 443 g/mol. The van der Waals surface area contributed by atoms with Gasteiger partial charge in [0.05, 0.1) is 13.1 Å². The zero-order valence-electron chi connectivity index (χ0n) is 18.7. The van der Waals surface area contributed by atoms with Gasteiger partial charge < -0.3 is 25.5 Å². The van der Waals surface area contributed by atoms with E-state index in [1.807, 2.05) is 49.4 Å². The van der Waals surface area contributed by atoms with Crippen LogP contribution in [0.1, 0.15) is 25.0 Å². The van der Waals surface area contributed by atoms with Crippen molar-refractivity contribution in [3.8, 4) is 0 Å². The predicted molar refractivity (Wildman–Crippen MR) is 130 cm³/mol. The number of anilines is 1. The second-order valence-electron chi connectivity index (χ2n) is 8.22. The Labute approximate surface area is 190 Å². The van der Waals surface area contributed by atoms with Crippen molar-refractivity contribution >= 4 is 23.2 Å². The Morgan fingerprint density at radius 3 is 2.45 bits per heavy atom. The molecule has 0 aromatic heterocycles. The molecule has 1 unspecified atom stereocenters. The summed E-state index contributed by atoms with van der Waals surface area (Å²) in [5.74, 6) is 0.656. The first-order chi connectivity index (χ1) is 14.9. The first-order valence-electron chi connectivity index (χ1n) is 10.9. The summed E-state index contributed by atoms with van der Waals surface area (Å²) in [7, 11) is 2.15. The third-order valence-electron chi connectivity index (χ3n) is 5.67. The van der Waals surface area contributed by atoms with E-state index < -0.39 is 5.60 Å². The molecular weight excluding hydrogens is 410 g/mol. The van der Waals surface area contributed by atoms with Gasteiger partial charge in [0.2, 0.25) is 0 Å². The van der Waals surface area contributed by atoms with Crippen LogP contribution in [0.3, 0.4) is 0 Å². The highest BCUT2D eigenvalue weighted by atomic mass is 35.5. The van der Waals surface area contributed by atoms with Crippen LogP contribution in [0, 0.1) is 0 Å². The van der Waals surface area contributed by atoms with Gasteiger partial charge in [-0.05, 0) is 38.6 Å². The minimum atomic E-state index is -1.01. The number of hydrogen-bond acceptors (Lipinski definition) is 4. The second-order valence-corrected chi connectivity index (χ2v) is 8.62. The topological polar surface area (TPSA) is 63.1 Å². The molecule has 0 bridgehead atoms. The van der Waals surface area contributed by atoms with Gasteiger partial charge >= 0.3 is 0 Å². The zero-order chi connectivity index (χ0) is 22.3.